The van der Waals surface area contributed by atoms with E-state index in [0.29, 0.717) is 0 Å². The van der Waals surface area contributed by atoms with Crippen molar-refractivity contribution in [3.63, 3.8) is 0 Å². The van der Waals surface area contributed by atoms with Crippen LogP contribution in [-0.4, -0.2) is 32.0 Å². The maximum absolute atomic E-state index is 9.05. The Morgan fingerprint density at radius 2 is 1.94 bits per heavy atom. The highest BCUT2D eigenvalue weighted by molar-refractivity contribution is 5.47. The molecule has 1 fully saturated rings. The zero-order valence-corrected chi connectivity index (χ0v) is 11.5. The lowest BCUT2D eigenvalue weighted by Crippen LogP contribution is -2.47. The number of methoxy groups -OCH3 is 1. The predicted molar refractivity (Wildman–Crippen MR) is 71.3 cm³/mol. The number of ether oxygens (including phenoxy) is 2. The zero-order valence-electron chi connectivity index (χ0n) is 11.5. The summed E-state index contributed by atoms with van der Waals surface area (Å²) in [4.78, 5) is 0. The molecule has 1 aliphatic rings. The molecule has 0 amide bonds. The van der Waals surface area contributed by atoms with Crippen LogP contribution in [0.2, 0.25) is 0 Å². The molecule has 1 N–H and O–H groups in total. The van der Waals surface area contributed by atoms with E-state index in [-0.39, 0.29) is 12.0 Å². The molecule has 3 heteroatoms. The van der Waals surface area contributed by atoms with Gasteiger partial charge in [0.2, 0.25) is 0 Å². The van der Waals surface area contributed by atoms with Gasteiger partial charge in [-0.25, -0.2) is 0 Å². The van der Waals surface area contributed by atoms with Crippen LogP contribution in [0.3, 0.4) is 0 Å². The molecule has 1 aromatic rings. The van der Waals surface area contributed by atoms with Crippen molar-refractivity contribution in [2.24, 2.45) is 0 Å². The van der Waals surface area contributed by atoms with Crippen LogP contribution in [0.5, 0.6) is 5.75 Å². The third-order valence-electron chi connectivity index (χ3n) is 3.96. The zero-order chi connectivity index (χ0) is 13.2. The number of rotatable bonds is 5. The van der Waals surface area contributed by atoms with Crippen LogP contribution < -0.4 is 4.74 Å². The third kappa shape index (κ3) is 2.25. The van der Waals surface area contributed by atoms with E-state index in [9.17, 15) is 0 Å². The van der Waals surface area contributed by atoms with Gasteiger partial charge in [0.15, 0.2) is 0 Å². The van der Waals surface area contributed by atoms with Crippen molar-refractivity contribution in [1.82, 2.24) is 0 Å². The van der Waals surface area contributed by atoms with Crippen molar-refractivity contribution >= 4 is 0 Å². The highest BCUT2D eigenvalue weighted by atomic mass is 16.5. The van der Waals surface area contributed by atoms with Gasteiger partial charge < -0.3 is 14.6 Å². The van der Waals surface area contributed by atoms with E-state index >= 15 is 0 Å². The summed E-state index contributed by atoms with van der Waals surface area (Å²) in [7, 11) is 1.72. The van der Waals surface area contributed by atoms with Crippen molar-refractivity contribution in [2.45, 2.75) is 32.1 Å². The first-order chi connectivity index (χ1) is 8.63. The Morgan fingerprint density at radius 3 is 2.44 bits per heavy atom. The lowest BCUT2D eigenvalue weighted by atomic mass is 9.74. The molecule has 0 atom stereocenters. The molecule has 1 saturated heterocycles. The summed E-state index contributed by atoms with van der Waals surface area (Å²) < 4.78 is 10.9. The van der Waals surface area contributed by atoms with E-state index in [0.717, 1.165) is 31.8 Å². The summed E-state index contributed by atoms with van der Waals surface area (Å²) in [6.45, 7) is 5.91. The number of hydrogen-bond acceptors (Lipinski definition) is 3. The van der Waals surface area contributed by atoms with Gasteiger partial charge in [-0.2, -0.15) is 0 Å². The van der Waals surface area contributed by atoms with Crippen LogP contribution in [0.15, 0.2) is 12.1 Å². The first-order valence-corrected chi connectivity index (χ1v) is 6.47. The fourth-order valence-corrected chi connectivity index (χ4v) is 2.57. The highest BCUT2D eigenvalue weighted by Gasteiger charge is 2.41. The smallest absolute Gasteiger partial charge is 0.123 e. The van der Waals surface area contributed by atoms with E-state index in [2.05, 4.69) is 26.0 Å². The standard InChI is InChI=1S/C15H22O3/c1-11-7-13(14(17-3)8-12(11)2)15(5-4-6-16)9-18-10-15/h7-8,16H,4-6,9-10H2,1-3H3. The summed E-state index contributed by atoms with van der Waals surface area (Å²) in [5.74, 6) is 0.944. The van der Waals surface area contributed by atoms with E-state index < -0.39 is 0 Å². The number of hydrogen-bond donors (Lipinski definition) is 1. The lowest BCUT2D eigenvalue weighted by Gasteiger charge is -2.43. The van der Waals surface area contributed by atoms with Gasteiger partial charge in [0.05, 0.1) is 20.3 Å². The molecule has 0 saturated carbocycles. The minimum Gasteiger partial charge on any atom is -0.496 e. The quantitative estimate of drug-likeness (QED) is 0.872. The molecule has 100 valence electrons. The summed E-state index contributed by atoms with van der Waals surface area (Å²) in [5.41, 5.74) is 3.79. The maximum Gasteiger partial charge on any atom is 0.123 e. The molecule has 1 heterocycles. The molecule has 3 nitrogen and oxygen atoms in total. The van der Waals surface area contributed by atoms with Gasteiger partial charge in [0, 0.05) is 17.6 Å². The van der Waals surface area contributed by atoms with Gasteiger partial charge in [0.1, 0.15) is 5.75 Å². The molecule has 2 rings (SSSR count). The number of aryl methyl sites for hydroxylation is 2. The van der Waals surface area contributed by atoms with Crippen molar-refractivity contribution in [3.8, 4) is 5.75 Å². The lowest BCUT2D eigenvalue weighted by molar-refractivity contribution is -0.0674. The molecule has 0 bridgehead atoms. The predicted octanol–water partition coefficient (Wildman–Crippen LogP) is 2.35. The molecule has 18 heavy (non-hydrogen) atoms. The third-order valence-corrected chi connectivity index (χ3v) is 3.96. The minimum absolute atomic E-state index is 0.0343. The van der Waals surface area contributed by atoms with Crippen molar-refractivity contribution < 1.29 is 14.6 Å². The molecule has 0 aromatic heterocycles. The summed E-state index contributed by atoms with van der Waals surface area (Å²) in [5, 5.41) is 9.05. The average molecular weight is 250 g/mol. The van der Waals surface area contributed by atoms with Gasteiger partial charge in [-0.1, -0.05) is 6.07 Å². The van der Waals surface area contributed by atoms with Crippen LogP contribution in [0.1, 0.15) is 29.5 Å². The summed E-state index contributed by atoms with van der Waals surface area (Å²) >= 11 is 0. The number of benzene rings is 1. The fourth-order valence-electron chi connectivity index (χ4n) is 2.57. The topological polar surface area (TPSA) is 38.7 Å². The molecular weight excluding hydrogens is 228 g/mol. The van der Waals surface area contributed by atoms with E-state index in [4.69, 9.17) is 14.6 Å². The average Bonchev–Trinajstić information content (AvgIpc) is 2.32. The molecule has 1 aromatic carbocycles. The van der Waals surface area contributed by atoms with Gasteiger partial charge in [-0.15, -0.1) is 0 Å². The van der Waals surface area contributed by atoms with Crippen LogP contribution in [-0.2, 0) is 10.2 Å². The molecule has 0 aliphatic carbocycles. The van der Waals surface area contributed by atoms with Crippen LogP contribution in [0.4, 0.5) is 0 Å². The maximum atomic E-state index is 9.05. The number of aliphatic hydroxyl groups excluding tert-OH is 1. The Labute approximate surface area is 109 Å². The van der Waals surface area contributed by atoms with Gasteiger partial charge >= 0.3 is 0 Å². The summed E-state index contributed by atoms with van der Waals surface area (Å²) in [6, 6.07) is 4.32. The molecule has 0 unspecified atom stereocenters. The monoisotopic (exact) mass is 250 g/mol. The largest absolute Gasteiger partial charge is 0.496 e. The Balaban J connectivity index is 2.38. The van der Waals surface area contributed by atoms with Gasteiger partial charge in [-0.05, 0) is 43.9 Å². The van der Waals surface area contributed by atoms with Crippen molar-refractivity contribution in [1.29, 1.82) is 0 Å². The Morgan fingerprint density at radius 1 is 1.28 bits per heavy atom. The van der Waals surface area contributed by atoms with E-state index in [1.165, 1.54) is 16.7 Å². The number of aliphatic hydroxyl groups is 1. The van der Waals surface area contributed by atoms with Crippen LogP contribution >= 0.6 is 0 Å². The highest BCUT2D eigenvalue weighted by Crippen LogP contribution is 2.42. The van der Waals surface area contributed by atoms with E-state index in [1.54, 1.807) is 7.11 Å². The first kappa shape index (κ1) is 13.4. The fraction of sp³-hybridized carbons (Fsp3) is 0.600. The SMILES string of the molecule is COc1cc(C)c(C)cc1C1(CCCO)COC1. The minimum atomic E-state index is 0.0343. The Hall–Kier alpha value is -1.06. The van der Waals surface area contributed by atoms with Crippen LogP contribution in [0.25, 0.3) is 0 Å². The van der Waals surface area contributed by atoms with Gasteiger partial charge in [0.25, 0.3) is 0 Å². The molecule has 0 spiro atoms. The van der Waals surface area contributed by atoms with Crippen molar-refractivity contribution in [3.05, 3.63) is 28.8 Å². The second-order valence-corrected chi connectivity index (χ2v) is 5.24. The normalized spacial score (nSPS) is 17.3. The van der Waals surface area contributed by atoms with Gasteiger partial charge in [-0.3, -0.25) is 0 Å². The second kappa shape index (κ2) is 5.29. The van der Waals surface area contributed by atoms with Crippen molar-refractivity contribution in [2.75, 3.05) is 26.9 Å². The Kier molecular flexibility index (Phi) is 3.93. The molecule has 1 aliphatic heterocycles. The molecule has 0 radical (unpaired) electrons. The van der Waals surface area contributed by atoms with E-state index in [1.807, 2.05) is 0 Å². The molecular formula is C15H22O3. The summed E-state index contributed by atoms with van der Waals surface area (Å²) in [6.07, 6.45) is 1.75. The Bertz CT molecular complexity index is 422. The second-order valence-electron chi connectivity index (χ2n) is 5.24. The van der Waals surface area contributed by atoms with Crippen LogP contribution in [0, 0.1) is 13.8 Å². The first-order valence-electron chi connectivity index (χ1n) is 6.47.